The minimum absolute atomic E-state index is 0.101. The maximum Gasteiger partial charge on any atom is 0.258 e. The van der Waals surface area contributed by atoms with Crippen LogP contribution in [0, 0.1) is 0 Å². The Balaban J connectivity index is 2.14. The molecule has 0 amide bonds. The molecule has 94 valence electrons. The molecule has 0 aliphatic carbocycles. The van der Waals surface area contributed by atoms with Gasteiger partial charge in [0.2, 0.25) is 0 Å². The summed E-state index contributed by atoms with van der Waals surface area (Å²) in [5.74, 6) is 1.08. The van der Waals surface area contributed by atoms with E-state index in [2.05, 4.69) is 15.3 Å². The van der Waals surface area contributed by atoms with Crippen molar-refractivity contribution in [3.8, 4) is 0 Å². The van der Waals surface area contributed by atoms with Crippen molar-refractivity contribution < 1.29 is 0 Å². The Morgan fingerprint density at radius 2 is 2.06 bits per heavy atom. The van der Waals surface area contributed by atoms with Crippen LogP contribution in [0.3, 0.4) is 0 Å². The Labute approximate surface area is 109 Å². The quantitative estimate of drug-likeness (QED) is 0.828. The molecule has 2 heterocycles. The summed E-state index contributed by atoms with van der Waals surface area (Å²) < 4.78 is 0. The number of fused-ring (bicyclic) bond motifs is 1. The number of halogens is 1. The van der Waals surface area contributed by atoms with Crippen molar-refractivity contribution in [2.45, 2.75) is 18.8 Å². The lowest BCUT2D eigenvalue weighted by atomic mass is 9.97. The average Bonchev–Trinajstić information content (AvgIpc) is 2.41. The fourth-order valence-corrected chi connectivity index (χ4v) is 2.65. The summed E-state index contributed by atoms with van der Waals surface area (Å²) in [5.41, 5.74) is 0.507. The first-order chi connectivity index (χ1) is 8.75. The third kappa shape index (κ3) is 2.02. The van der Waals surface area contributed by atoms with E-state index in [1.165, 1.54) is 0 Å². The van der Waals surface area contributed by atoms with E-state index < -0.39 is 0 Å². The van der Waals surface area contributed by atoms with Gasteiger partial charge in [-0.25, -0.2) is 4.98 Å². The first-order valence-electron chi connectivity index (χ1n) is 6.15. The number of hydrogen-bond acceptors (Lipinski definition) is 3. The van der Waals surface area contributed by atoms with Gasteiger partial charge < -0.3 is 10.3 Å². The second-order valence-corrected chi connectivity index (χ2v) is 5.02. The number of aromatic amines is 1. The Hall–Kier alpha value is -1.39. The Morgan fingerprint density at radius 1 is 1.28 bits per heavy atom. The number of H-pyrrole nitrogens is 1. The number of nitrogens with zero attached hydrogens (tertiary/aromatic N) is 1. The van der Waals surface area contributed by atoms with Crippen molar-refractivity contribution in [1.29, 1.82) is 0 Å². The molecule has 2 aromatic rings. The van der Waals surface area contributed by atoms with Gasteiger partial charge in [-0.2, -0.15) is 0 Å². The van der Waals surface area contributed by atoms with Crippen LogP contribution >= 0.6 is 11.6 Å². The van der Waals surface area contributed by atoms with E-state index in [9.17, 15) is 4.79 Å². The van der Waals surface area contributed by atoms with Gasteiger partial charge in [-0.15, -0.1) is 0 Å². The summed E-state index contributed by atoms with van der Waals surface area (Å²) in [6.07, 6.45) is 2.00. The third-order valence-electron chi connectivity index (χ3n) is 3.43. The molecule has 4 nitrogen and oxygen atoms in total. The largest absolute Gasteiger partial charge is 0.317 e. The molecule has 5 heteroatoms. The molecule has 3 rings (SSSR count). The van der Waals surface area contributed by atoms with Crippen molar-refractivity contribution in [2.75, 3.05) is 13.1 Å². The Kier molecular flexibility index (Phi) is 3.06. The van der Waals surface area contributed by atoms with Crippen LogP contribution in [0.2, 0.25) is 5.02 Å². The minimum atomic E-state index is -0.101. The zero-order valence-corrected chi connectivity index (χ0v) is 10.6. The smallest absolute Gasteiger partial charge is 0.258 e. The number of piperidine rings is 1. The van der Waals surface area contributed by atoms with Gasteiger partial charge >= 0.3 is 0 Å². The highest BCUT2D eigenvalue weighted by molar-refractivity contribution is 6.34. The van der Waals surface area contributed by atoms with Crippen LogP contribution in [-0.2, 0) is 0 Å². The van der Waals surface area contributed by atoms with Crippen LogP contribution in [0.4, 0.5) is 0 Å². The molecule has 18 heavy (non-hydrogen) atoms. The number of nitrogens with one attached hydrogen (secondary N) is 2. The zero-order valence-electron chi connectivity index (χ0n) is 9.87. The van der Waals surface area contributed by atoms with Crippen molar-refractivity contribution in [1.82, 2.24) is 15.3 Å². The van der Waals surface area contributed by atoms with E-state index in [4.69, 9.17) is 11.6 Å². The standard InChI is InChI=1S/C13H14ClN3O/c14-10-3-1-2-9-11(10)16-12(17-13(9)18)8-4-6-15-7-5-8/h1-3,8,15H,4-7H2,(H,16,17,18). The first-order valence-corrected chi connectivity index (χ1v) is 6.52. The molecule has 1 aromatic heterocycles. The molecule has 0 atom stereocenters. The lowest BCUT2D eigenvalue weighted by molar-refractivity contribution is 0.445. The highest BCUT2D eigenvalue weighted by Crippen LogP contribution is 2.24. The zero-order chi connectivity index (χ0) is 12.5. The molecule has 1 fully saturated rings. The third-order valence-corrected chi connectivity index (χ3v) is 3.74. The topological polar surface area (TPSA) is 57.8 Å². The van der Waals surface area contributed by atoms with Gasteiger partial charge in [-0.3, -0.25) is 4.79 Å². The first kappa shape index (κ1) is 11.7. The van der Waals surface area contributed by atoms with Crippen LogP contribution in [0.25, 0.3) is 10.9 Å². The van der Waals surface area contributed by atoms with Crippen LogP contribution < -0.4 is 10.9 Å². The molecule has 2 N–H and O–H groups in total. The maximum absolute atomic E-state index is 12.0. The van der Waals surface area contributed by atoms with E-state index in [0.29, 0.717) is 21.8 Å². The summed E-state index contributed by atoms with van der Waals surface area (Å²) in [7, 11) is 0. The van der Waals surface area contributed by atoms with Gasteiger partial charge in [0, 0.05) is 5.92 Å². The fraction of sp³-hybridized carbons (Fsp3) is 0.385. The van der Waals surface area contributed by atoms with Gasteiger partial charge in [0.15, 0.2) is 0 Å². The van der Waals surface area contributed by atoms with Gasteiger partial charge in [-0.1, -0.05) is 17.7 Å². The van der Waals surface area contributed by atoms with Gasteiger partial charge in [0.05, 0.1) is 15.9 Å². The summed E-state index contributed by atoms with van der Waals surface area (Å²) in [4.78, 5) is 19.5. The molecule has 1 saturated heterocycles. The second kappa shape index (κ2) is 4.71. The molecular formula is C13H14ClN3O. The van der Waals surface area contributed by atoms with Crippen molar-refractivity contribution in [3.05, 3.63) is 39.4 Å². The summed E-state index contributed by atoms with van der Waals surface area (Å²) in [6, 6.07) is 5.29. The van der Waals surface area contributed by atoms with E-state index in [-0.39, 0.29) is 5.56 Å². The Bertz CT molecular complexity index is 632. The van der Waals surface area contributed by atoms with E-state index in [1.807, 2.05) is 0 Å². The van der Waals surface area contributed by atoms with Crippen LogP contribution in [0.1, 0.15) is 24.6 Å². The fourth-order valence-electron chi connectivity index (χ4n) is 2.43. The summed E-state index contributed by atoms with van der Waals surface area (Å²) in [6.45, 7) is 1.93. The van der Waals surface area contributed by atoms with E-state index >= 15 is 0 Å². The van der Waals surface area contributed by atoms with E-state index in [0.717, 1.165) is 31.8 Å². The molecule has 0 bridgehead atoms. The molecule has 0 radical (unpaired) electrons. The molecule has 1 aliphatic heterocycles. The number of aromatic nitrogens is 2. The molecule has 0 unspecified atom stereocenters. The number of hydrogen-bond donors (Lipinski definition) is 2. The number of rotatable bonds is 1. The highest BCUT2D eigenvalue weighted by atomic mass is 35.5. The van der Waals surface area contributed by atoms with Crippen LogP contribution in [0.15, 0.2) is 23.0 Å². The molecule has 0 saturated carbocycles. The number of para-hydroxylation sites is 1. The molecular weight excluding hydrogens is 250 g/mol. The predicted octanol–water partition coefficient (Wildman–Crippen LogP) is 2.04. The van der Waals surface area contributed by atoms with Crippen molar-refractivity contribution in [3.63, 3.8) is 0 Å². The van der Waals surface area contributed by atoms with Crippen LogP contribution in [-0.4, -0.2) is 23.1 Å². The highest BCUT2D eigenvalue weighted by Gasteiger charge is 2.18. The lowest BCUT2D eigenvalue weighted by Crippen LogP contribution is -2.28. The van der Waals surface area contributed by atoms with Crippen LogP contribution in [0.5, 0.6) is 0 Å². The predicted molar refractivity (Wildman–Crippen MR) is 72.2 cm³/mol. The second-order valence-electron chi connectivity index (χ2n) is 4.61. The normalized spacial score (nSPS) is 17.2. The molecule has 1 aromatic carbocycles. The van der Waals surface area contributed by atoms with Crippen molar-refractivity contribution >= 4 is 22.5 Å². The van der Waals surface area contributed by atoms with Gasteiger partial charge in [-0.05, 0) is 38.1 Å². The molecule has 0 spiro atoms. The van der Waals surface area contributed by atoms with Gasteiger partial charge in [0.25, 0.3) is 5.56 Å². The number of benzene rings is 1. The Morgan fingerprint density at radius 3 is 2.83 bits per heavy atom. The average molecular weight is 264 g/mol. The maximum atomic E-state index is 12.0. The SMILES string of the molecule is O=c1[nH]c(C2CCNCC2)nc2c(Cl)cccc12. The minimum Gasteiger partial charge on any atom is -0.317 e. The molecule has 1 aliphatic rings. The summed E-state index contributed by atoms with van der Waals surface area (Å²) >= 11 is 6.11. The monoisotopic (exact) mass is 263 g/mol. The summed E-state index contributed by atoms with van der Waals surface area (Å²) in [5, 5.41) is 4.39. The lowest BCUT2D eigenvalue weighted by Gasteiger charge is -2.21. The van der Waals surface area contributed by atoms with E-state index in [1.54, 1.807) is 18.2 Å². The van der Waals surface area contributed by atoms with Gasteiger partial charge in [0.1, 0.15) is 5.82 Å². The van der Waals surface area contributed by atoms with Crippen molar-refractivity contribution in [2.24, 2.45) is 0 Å².